The van der Waals surface area contributed by atoms with E-state index in [9.17, 15) is 13.2 Å². The van der Waals surface area contributed by atoms with Crippen molar-refractivity contribution in [2.24, 2.45) is 5.92 Å². The van der Waals surface area contributed by atoms with E-state index in [0.717, 1.165) is 0 Å². The summed E-state index contributed by atoms with van der Waals surface area (Å²) in [5, 5.41) is 3.19. The molecule has 26 heavy (non-hydrogen) atoms. The zero-order valence-electron chi connectivity index (χ0n) is 15.7. The fourth-order valence-electron chi connectivity index (χ4n) is 2.91. The van der Waals surface area contributed by atoms with Gasteiger partial charge in [0.15, 0.2) is 0 Å². The topological polar surface area (TPSA) is 75.7 Å². The Labute approximate surface area is 160 Å². The molecule has 8 heteroatoms. The van der Waals surface area contributed by atoms with Crippen LogP contribution in [0.1, 0.15) is 40.5 Å². The highest BCUT2D eigenvalue weighted by Gasteiger charge is 2.34. The molecule has 0 bridgehead atoms. The molecule has 1 saturated heterocycles. The summed E-state index contributed by atoms with van der Waals surface area (Å²) in [6.45, 7) is 8.57. The Morgan fingerprint density at radius 2 is 2.08 bits per heavy atom. The lowest BCUT2D eigenvalue weighted by Gasteiger charge is -2.33. The van der Waals surface area contributed by atoms with E-state index in [1.165, 1.54) is 16.4 Å². The third kappa shape index (κ3) is 5.11. The van der Waals surface area contributed by atoms with Crippen LogP contribution in [0.2, 0.25) is 5.02 Å². The van der Waals surface area contributed by atoms with E-state index >= 15 is 0 Å². The molecule has 0 aromatic heterocycles. The molecule has 6 nitrogen and oxygen atoms in total. The van der Waals surface area contributed by atoms with Gasteiger partial charge in [-0.1, -0.05) is 11.6 Å². The van der Waals surface area contributed by atoms with Gasteiger partial charge in [-0.2, -0.15) is 4.31 Å². The van der Waals surface area contributed by atoms with Crippen molar-refractivity contribution in [3.8, 4) is 5.75 Å². The minimum atomic E-state index is -3.71. The third-order valence-electron chi connectivity index (χ3n) is 4.09. The molecular weight excluding hydrogens is 376 g/mol. The number of nitrogens with one attached hydrogen (secondary N) is 1. The Kier molecular flexibility index (Phi) is 6.58. The summed E-state index contributed by atoms with van der Waals surface area (Å²) in [6.07, 6.45) is 1.32. The van der Waals surface area contributed by atoms with E-state index < -0.39 is 10.0 Å². The Morgan fingerprint density at radius 1 is 1.38 bits per heavy atom. The molecule has 2 rings (SSSR count). The fourth-order valence-corrected chi connectivity index (χ4v) is 4.76. The molecule has 1 N–H and O–H groups in total. The van der Waals surface area contributed by atoms with Crippen LogP contribution < -0.4 is 10.1 Å². The summed E-state index contributed by atoms with van der Waals surface area (Å²) in [6, 6.07) is 4.46. The number of carbonyl (C=O) groups excluding carboxylic acids is 1. The molecule has 1 atom stereocenters. The highest BCUT2D eigenvalue weighted by molar-refractivity contribution is 7.89. The van der Waals surface area contributed by atoms with Crippen LogP contribution in [-0.2, 0) is 14.8 Å². The molecule has 0 aliphatic carbocycles. The second-order valence-electron chi connectivity index (χ2n) is 7.47. The van der Waals surface area contributed by atoms with Crippen LogP contribution in [0.4, 0.5) is 0 Å². The van der Waals surface area contributed by atoms with Gasteiger partial charge in [-0.3, -0.25) is 4.79 Å². The summed E-state index contributed by atoms with van der Waals surface area (Å²) in [7, 11) is -3.71. The predicted octanol–water partition coefficient (Wildman–Crippen LogP) is 3.05. The van der Waals surface area contributed by atoms with Gasteiger partial charge in [0.2, 0.25) is 15.9 Å². The van der Waals surface area contributed by atoms with Gasteiger partial charge >= 0.3 is 0 Å². The number of amides is 1. The molecule has 1 heterocycles. The van der Waals surface area contributed by atoms with E-state index in [2.05, 4.69) is 5.32 Å². The summed E-state index contributed by atoms with van der Waals surface area (Å²) in [5.74, 6) is -0.00719. The maximum absolute atomic E-state index is 13.0. The van der Waals surface area contributed by atoms with Crippen molar-refractivity contribution in [2.75, 3.05) is 19.7 Å². The molecule has 146 valence electrons. The Balaban J connectivity index is 2.18. The second-order valence-corrected chi connectivity index (χ2v) is 9.81. The average Bonchev–Trinajstić information content (AvgIpc) is 2.55. The van der Waals surface area contributed by atoms with Crippen LogP contribution in [0.5, 0.6) is 5.75 Å². The van der Waals surface area contributed by atoms with Gasteiger partial charge in [0.05, 0.1) is 22.4 Å². The van der Waals surface area contributed by atoms with E-state index in [0.29, 0.717) is 31.7 Å². The molecule has 1 fully saturated rings. The van der Waals surface area contributed by atoms with Crippen molar-refractivity contribution in [1.82, 2.24) is 9.62 Å². The number of carbonyl (C=O) groups is 1. The maximum Gasteiger partial charge on any atom is 0.243 e. The van der Waals surface area contributed by atoms with Gasteiger partial charge in [-0.25, -0.2) is 8.42 Å². The SMILES string of the molecule is CCOc1ccc(S(=O)(=O)N2CCC[C@@H](C(=O)NC(C)(C)C)C2)cc1Cl. The van der Waals surface area contributed by atoms with Crippen LogP contribution in [-0.4, -0.2) is 43.9 Å². The maximum atomic E-state index is 13.0. The molecule has 1 aromatic rings. The summed E-state index contributed by atoms with van der Waals surface area (Å²) >= 11 is 6.13. The zero-order valence-corrected chi connectivity index (χ0v) is 17.3. The van der Waals surface area contributed by atoms with Crippen molar-refractivity contribution in [3.63, 3.8) is 0 Å². The summed E-state index contributed by atoms with van der Waals surface area (Å²) in [5.41, 5.74) is -0.346. The number of ether oxygens (including phenoxy) is 1. The number of hydrogen-bond donors (Lipinski definition) is 1. The van der Waals surface area contributed by atoms with Gasteiger partial charge in [-0.15, -0.1) is 0 Å². The minimum Gasteiger partial charge on any atom is -0.492 e. The highest BCUT2D eigenvalue weighted by atomic mass is 35.5. The number of piperidine rings is 1. The smallest absolute Gasteiger partial charge is 0.243 e. The van der Waals surface area contributed by atoms with Crippen LogP contribution in [0, 0.1) is 5.92 Å². The minimum absolute atomic E-state index is 0.109. The molecule has 1 aromatic carbocycles. The largest absolute Gasteiger partial charge is 0.492 e. The lowest BCUT2D eigenvalue weighted by Crippen LogP contribution is -2.49. The van der Waals surface area contributed by atoms with Crippen LogP contribution >= 0.6 is 11.6 Å². The van der Waals surface area contributed by atoms with Crippen LogP contribution in [0.25, 0.3) is 0 Å². The first-order chi connectivity index (χ1) is 12.0. The van der Waals surface area contributed by atoms with Crippen LogP contribution in [0.15, 0.2) is 23.1 Å². The Hall–Kier alpha value is -1.31. The molecule has 0 spiro atoms. The molecular formula is C18H27ClN2O4S. The lowest BCUT2D eigenvalue weighted by molar-refractivity contribution is -0.127. The Morgan fingerprint density at radius 3 is 2.65 bits per heavy atom. The monoisotopic (exact) mass is 402 g/mol. The Bertz CT molecular complexity index is 759. The molecule has 0 radical (unpaired) electrons. The van der Waals surface area contributed by atoms with Crippen LogP contribution in [0.3, 0.4) is 0 Å². The molecule has 1 aliphatic heterocycles. The fraction of sp³-hybridized carbons (Fsp3) is 0.611. The van der Waals surface area contributed by atoms with Gasteiger partial charge in [0.1, 0.15) is 5.75 Å². The molecule has 1 amide bonds. The van der Waals surface area contributed by atoms with Crippen molar-refractivity contribution in [3.05, 3.63) is 23.2 Å². The van der Waals surface area contributed by atoms with E-state index in [-0.39, 0.29) is 33.8 Å². The second kappa shape index (κ2) is 8.15. The molecule has 1 aliphatic rings. The number of rotatable bonds is 5. The summed E-state index contributed by atoms with van der Waals surface area (Å²) < 4.78 is 32.6. The van der Waals surface area contributed by atoms with Gasteiger partial charge < -0.3 is 10.1 Å². The highest BCUT2D eigenvalue weighted by Crippen LogP contribution is 2.30. The quantitative estimate of drug-likeness (QED) is 0.821. The number of halogens is 1. The lowest BCUT2D eigenvalue weighted by atomic mass is 9.97. The number of hydrogen-bond acceptors (Lipinski definition) is 4. The molecule has 0 unspecified atom stereocenters. The first-order valence-corrected chi connectivity index (χ1v) is 10.6. The van der Waals surface area contributed by atoms with Crippen molar-refractivity contribution in [2.45, 2.75) is 51.0 Å². The predicted molar refractivity (Wildman–Crippen MR) is 102 cm³/mol. The summed E-state index contributed by atoms with van der Waals surface area (Å²) in [4.78, 5) is 12.5. The van der Waals surface area contributed by atoms with Gasteiger partial charge in [0.25, 0.3) is 0 Å². The number of nitrogens with zero attached hydrogens (tertiary/aromatic N) is 1. The zero-order chi connectivity index (χ0) is 19.5. The number of benzene rings is 1. The van der Waals surface area contributed by atoms with E-state index in [1.807, 2.05) is 27.7 Å². The standard InChI is InChI=1S/C18H27ClN2O4S/c1-5-25-16-9-8-14(11-15(16)19)26(23,24)21-10-6-7-13(12-21)17(22)20-18(2,3)4/h8-9,11,13H,5-7,10,12H2,1-4H3,(H,20,22)/t13-/m1/s1. The van der Waals surface area contributed by atoms with E-state index in [1.54, 1.807) is 6.07 Å². The van der Waals surface area contributed by atoms with E-state index in [4.69, 9.17) is 16.3 Å². The van der Waals surface area contributed by atoms with Gasteiger partial charge in [-0.05, 0) is 58.7 Å². The number of sulfonamides is 1. The third-order valence-corrected chi connectivity index (χ3v) is 6.25. The van der Waals surface area contributed by atoms with Crippen molar-refractivity contribution in [1.29, 1.82) is 0 Å². The van der Waals surface area contributed by atoms with Crippen molar-refractivity contribution >= 4 is 27.5 Å². The average molecular weight is 403 g/mol. The van der Waals surface area contributed by atoms with Gasteiger partial charge in [0, 0.05) is 18.6 Å². The first kappa shape index (κ1) is 21.0. The first-order valence-electron chi connectivity index (χ1n) is 8.79. The normalized spacial score (nSPS) is 19.2. The van der Waals surface area contributed by atoms with Crippen molar-refractivity contribution < 1.29 is 17.9 Å². The molecule has 0 saturated carbocycles.